The smallest absolute Gasteiger partial charge is 0.302 e. The normalized spacial score (nSPS) is 51.0. The molecule has 1 saturated heterocycles. The van der Waals surface area contributed by atoms with Gasteiger partial charge < -0.3 is 14.2 Å². The summed E-state index contributed by atoms with van der Waals surface area (Å²) in [4.78, 5) is 25.5. The van der Waals surface area contributed by atoms with Crippen LogP contribution in [0.3, 0.4) is 0 Å². The zero-order valence-electron chi connectivity index (χ0n) is 20.0. The first-order chi connectivity index (χ1) is 14.5. The van der Waals surface area contributed by atoms with Crippen molar-refractivity contribution in [2.45, 2.75) is 97.9 Å². The van der Waals surface area contributed by atoms with Gasteiger partial charge in [-0.05, 0) is 80.5 Å². The fraction of sp³-hybridized carbons (Fsp3) is 0.923. The van der Waals surface area contributed by atoms with E-state index >= 15 is 0 Å². The predicted molar refractivity (Wildman–Crippen MR) is 116 cm³/mol. The Hall–Kier alpha value is -0.940. The van der Waals surface area contributed by atoms with Gasteiger partial charge >= 0.3 is 5.97 Å². The molecular weight excluding hydrogens is 392 g/mol. The number of fused-ring (bicyclic) bond motifs is 5. The van der Waals surface area contributed by atoms with Crippen molar-refractivity contribution in [3.05, 3.63) is 0 Å². The van der Waals surface area contributed by atoms with E-state index in [1.165, 1.54) is 13.3 Å². The molecule has 0 N–H and O–H groups in total. The molecule has 4 aliphatic carbocycles. The number of esters is 1. The maximum Gasteiger partial charge on any atom is 0.302 e. The van der Waals surface area contributed by atoms with Crippen LogP contribution in [0.4, 0.5) is 0 Å². The minimum atomic E-state index is -0.610. The molecule has 1 aliphatic heterocycles. The molecular formula is C26H40O5. The van der Waals surface area contributed by atoms with Crippen LogP contribution in [0.15, 0.2) is 0 Å². The number of rotatable bonds is 2. The van der Waals surface area contributed by atoms with E-state index in [1.807, 2.05) is 0 Å². The van der Waals surface area contributed by atoms with Gasteiger partial charge in [-0.2, -0.15) is 0 Å². The van der Waals surface area contributed by atoms with Gasteiger partial charge in [-0.1, -0.05) is 20.8 Å². The van der Waals surface area contributed by atoms with Crippen molar-refractivity contribution in [3.8, 4) is 0 Å². The number of carbonyl (C=O) groups is 2. The highest BCUT2D eigenvalue weighted by molar-refractivity contribution is 5.87. The van der Waals surface area contributed by atoms with Gasteiger partial charge in [-0.3, -0.25) is 9.59 Å². The Morgan fingerprint density at radius 2 is 1.68 bits per heavy atom. The van der Waals surface area contributed by atoms with Crippen molar-refractivity contribution in [2.75, 3.05) is 13.2 Å². The van der Waals surface area contributed by atoms with Crippen molar-refractivity contribution >= 4 is 11.8 Å². The van der Waals surface area contributed by atoms with Crippen LogP contribution in [0, 0.1) is 39.9 Å². The fourth-order valence-corrected chi connectivity index (χ4v) is 9.20. The molecule has 5 heteroatoms. The van der Waals surface area contributed by atoms with Crippen LogP contribution in [0.5, 0.6) is 0 Å². The first kappa shape index (κ1) is 21.9. The van der Waals surface area contributed by atoms with Crippen LogP contribution in [-0.4, -0.2) is 36.9 Å². The van der Waals surface area contributed by atoms with E-state index < -0.39 is 5.79 Å². The summed E-state index contributed by atoms with van der Waals surface area (Å²) in [6.07, 6.45) is 8.11. The zero-order chi connectivity index (χ0) is 22.2. The van der Waals surface area contributed by atoms with E-state index in [0.29, 0.717) is 43.2 Å². The van der Waals surface area contributed by atoms with Gasteiger partial charge in [-0.15, -0.1) is 0 Å². The highest BCUT2D eigenvalue weighted by Gasteiger charge is 2.68. The maximum absolute atomic E-state index is 13.9. The molecule has 0 aromatic rings. The third-order valence-corrected chi connectivity index (χ3v) is 11.0. The Morgan fingerprint density at radius 1 is 0.968 bits per heavy atom. The largest absolute Gasteiger partial charge is 0.463 e. The lowest BCUT2D eigenvalue weighted by atomic mass is 9.40. The third-order valence-electron chi connectivity index (χ3n) is 11.0. The number of carbonyl (C=O) groups excluding carboxylic acids is 2. The Bertz CT molecular complexity index is 772. The molecule has 0 aromatic carbocycles. The summed E-state index contributed by atoms with van der Waals surface area (Å²) in [6, 6.07) is 0. The van der Waals surface area contributed by atoms with Gasteiger partial charge in [0.15, 0.2) is 5.79 Å². The molecule has 0 spiro atoms. The van der Waals surface area contributed by atoms with Crippen molar-refractivity contribution in [1.29, 1.82) is 0 Å². The summed E-state index contributed by atoms with van der Waals surface area (Å²) in [7, 11) is 0. The van der Waals surface area contributed by atoms with Crippen molar-refractivity contribution < 1.29 is 23.8 Å². The Labute approximate surface area is 186 Å². The number of hydrogen-bond acceptors (Lipinski definition) is 5. The van der Waals surface area contributed by atoms with Crippen LogP contribution in [0.25, 0.3) is 0 Å². The predicted octanol–water partition coefficient (Wildman–Crippen LogP) is 4.91. The number of Topliss-reactive ketones (excluding diaryl/α,β-unsaturated/α-hetero) is 1. The van der Waals surface area contributed by atoms with Gasteiger partial charge in [0, 0.05) is 24.7 Å². The Morgan fingerprint density at radius 3 is 2.35 bits per heavy atom. The second kappa shape index (κ2) is 7.03. The average molecular weight is 433 g/mol. The molecule has 0 bridgehead atoms. The standard InChI is InChI=1S/C26H40O5/c1-16(27)31-17-8-11-24(3)20-14-22(28)25(4)19(18(20)9-10-23(24,2)15-17)6-7-21(25)26(5)29-12-13-30-26/h17-21H,6-15H2,1-5H3/t17-,18?,19?,20?,21-,23+,24+,25-/m0/s1. The van der Waals surface area contributed by atoms with Crippen LogP contribution in [0.1, 0.15) is 86.0 Å². The molecule has 0 amide bonds. The van der Waals surface area contributed by atoms with E-state index in [1.54, 1.807) is 0 Å². The van der Waals surface area contributed by atoms with Gasteiger partial charge in [0.25, 0.3) is 0 Å². The fourth-order valence-electron chi connectivity index (χ4n) is 9.20. The summed E-state index contributed by atoms with van der Waals surface area (Å²) in [5.74, 6) is 1.28. The first-order valence-corrected chi connectivity index (χ1v) is 12.5. The van der Waals surface area contributed by atoms with Gasteiger partial charge in [0.05, 0.1) is 13.2 Å². The van der Waals surface area contributed by atoms with Crippen molar-refractivity contribution in [3.63, 3.8) is 0 Å². The molecule has 4 saturated carbocycles. The maximum atomic E-state index is 13.9. The zero-order valence-corrected chi connectivity index (χ0v) is 20.0. The molecule has 3 unspecified atom stereocenters. The monoisotopic (exact) mass is 432 g/mol. The second-order valence-electron chi connectivity index (χ2n) is 12.1. The van der Waals surface area contributed by atoms with E-state index in [9.17, 15) is 9.59 Å². The molecule has 0 aromatic heterocycles. The first-order valence-electron chi connectivity index (χ1n) is 12.5. The minimum absolute atomic E-state index is 0.0316. The van der Waals surface area contributed by atoms with Crippen molar-refractivity contribution in [1.82, 2.24) is 0 Å². The molecule has 8 atom stereocenters. The van der Waals surface area contributed by atoms with Crippen LogP contribution in [-0.2, 0) is 23.8 Å². The van der Waals surface area contributed by atoms with Gasteiger partial charge in [-0.25, -0.2) is 0 Å². The lowest BCUT2D eigenvalue weighted by Crippen LogP contribution is -2.61. The number of hydrogen-bond donors (Lipinski definition) is 0. The molecule has 0 radical (unpaired) electrons. The Balaban J connectivity index is 1.43. The SMILES string of the molecule is CC(=O)O[C@H]1CC[C@]2(C)C3CC(=O)[C@@]4(C)C(CC[C@@H]4C4(C)OCCO4)C3CC[C@]2(C)C1. The molecule has 1 heterocycles. The molecule has 5 fully saturated rings. The molecule has 174 valence electrons. The average Bonchev–Trinajstić information content (AvgIpc) is 3.28. The van der Waals surface area contributed by atoms with Crippen LogP contribution in [0.2, 0.25) is 0 Å². The molecule has 5 nitrogen and oxygen atoms in total. The van der Waals surface area contributed by atoms with Gasteiger partial charge in [0.1, 0.15) is 11.9 Å². The van der Waals surface area contributed by atoms with E-state index in [2.05, 4.69) is 27.7 Å². The third kappa shape index (κ3) is 2.94. The van der Waals surface area contributed by atoms with E-state index in [0.717, 1.165) is 38.5 Å². The van der Waals surface area contributed by atoms with Crippen LogP contribution < -0.4 is 0 Å². The minimum Gasteiger partial charge on any atom is -0.463 e. The van der Waals surface area contributed by atoms with E-state index in [4.69, 9.17) is 14.2 Å². The second-order valence-corrected chi connectivity index (χ2v) is 12.1. The summed E-state index contributed by atoms with van der Waals surface area (Å²) in [5, 5.41) is 0. The number of ether oxygens (including phenoxy) is 3. The van der Waals surface area contributed by atoms with Crippen molar-refractivity contribution in [2.24, 2.45) is 39.9 Å². The summed E-state index contributed by atoms with van der Waals surface area (Å²) >= 11 is 0. The molecule has 31 heavy (non-hydrogen) atoms. The number of ketones is 1. The lowest BCUT2D eigenvalue weighted by Gasteiger charge is -2.65. The Kier molecular flexibility index (Phi) is 4.96. The van der Waals surface area contributed by atoms with E-state index in [-0.39, 0.29) is 34.2 Å². The lowest BCUT2D eigenvalue weighted by molar-refractivity contribution is -0.220. The summed E-state index contributed by atoms with van der Waals surface area (Å²) in [6.45, 7) is 11.9. The topological polar surface area (TPSA) is 61.8 Å². The van der Waals surface area contributed by atoms with Gasteiger partial charge in [0.2, 0.25) is 0 Å². The quantitative estimate of drug-likeness (QED) is 0.580. The highest BCUT2D eigenvalue weighted by Crippen LogP contribution is 2.71. The molecule has 5 aliphatic rings. The summed E-state index contributed by atoms with van der Waals surface area (Å²) in [5.41, 5.74) is -0.0760. The molecule has 5 rings (SSSR count). The summed E-state index contributed by atoms with van der Waals surface area (Å²) < 4.78 is 17.8. The highest BCUT2D eigenvalue weighted by atomic mass is 16.7. The van der Waals surface area contributed by atoms with Crippen LogP contribution >= 0.6 is 0 Å².